The second-order valence-corrected chi connectivity index (χ2v) is 5.12. The monoisotopic (exact) mass is 258 g/mol. The number of fused-ring (bicyclic) bond motifs is 1. The Morgan fingerprint density at radius 1 is 1.37 bits per heavy atom. The lowest BCUT2D eigenvalue weighted by Gasteiger charge is -2.21. The minimum Gasteiger partial charge on any atom is -0.385 e. The van der Waals surface area contributed by atoms with E-state index < -0.39 is 6.10 Å². The summed E-state index contributed by atoms with van der Waals surface area (Å²) in [6.45, 7) is 1.90. The topological polar surface area (TPSA) is 59.2 Å². The van der Waals surface area contributed by atoms with Gasteiger partial charge in [0.15, 0.2) is 5.82 Å². The molecular weight excluding hydrogens is 240 g/mol. The van der Waals surface area contributed by atoms with Crippen LogP contribution in [0.2, 0.25) is 0 Å². The fourth-order valence-corrected chi connectivity index (χ4v) is 2.64. The normalized spacial score (nSPS) is 20.0. The Kier molecular flexibility index (Phi) is 3.34. The molecule has 2 unspecified atom stereocenters. The lowest BCUT2D eigenvalue weighted by atomic mass is 9.84. The average molecular weight is 258 g/mol. The second kappa shape index (κ2) is 5.13. The Labute approximate surface area is 112 Å². The summed E-state index contributed by atoms with van der Waals surface area (Å²) in [6, 6.07) is 8.51. The third-order valence-electron chi connectivity index (χ3n) is 3.84. The maximum Gasteiger partial charge on any atom is 0.230 e. The number of benzene rings is 1. The number of aliphatic hydroxyl groups excluding tert-OH is 1. The minimum atomic E-state index is -0.617. The molecule has 0 fully saturated rings. The van der Waals surface area contributed by atoms with E-state index in [1.165, 1.54) is 11.1 Å². The van der Waals surface area contributed by atoms with E-state index in [1.807, 2.05) is 6.92 Å². The summed E-state index contributed by atoms with van der Waals surface area (Å²) in [5.74, 6) is 1.36. The first-order chi connectivity index (χ1) is 9.28. The molecule has 1 aliphatic carbocycles. The van der Waals surface area contributed by atoms with Gasteiger partial charge in [0.25, 0.3) is 0 Å². The van der Waals surface area contributed by atoms with Crippen molar-refractivity contribution < 1.29 is 9.63 Å². The Bertz CT molecular complexity index is 565. The summed E-state index contributed by atoms with van der Waals surface area (Å²) >= 11 is 0. The van der Waals surface area contributed by atoms with Crippen molar-refractivity contribution in [2.45, 2.75) is 44.6 Å². The fourth-order valence-electron chi connectivity index (χ4n) is 2.64. The molecule has 1 N–H and O–H groups in total. The van der Waals surface area contributed by atoms with E-state index in [1.54, 1.807) is 0 Å². The van der Waals surface area contributed by atoms with Crippen LogP contribution in [0.1, 0.15) is 54.6 Å². The van der Waals surface area contributed by atoms with Crippen molar-refractivity contribution in [1.29, 1.82) is 0 Å². The smallest absolute Gasteiger partial charge is 0.230 e. The van der Waals surface area contributed by atoms with Crippen molar-refractivity contribution in [3.8, 4) is 0 Å². The number of aromatic nitrogens is 2. The van der Waals surface area contributed by atoms with Crippen molar-refractivity contribution in [2.75, 3.05) is 0 Å². The van der Waals surface area contributed by atoms with Gasteiger partial charge in [-0.3, -0.25) is 0 Å². The van der Waals surface area contributed by atoms with Gasteiger partial charge in [0.2, 0.25) is 5.89 Å². The molecule has 0 saturated heterocycles. The van der Waals surface area contributed by atoms with Crippen LogP contribution in [0.5, 0.6) is 0 Å². The van der Waals surface area contributed by atoms with E-state index >= 15 is 0 Å². The van der Waals surface area contributed by atoms with Crippen LogP contribution in [0.25, 0.3) is 0 Å². The van der Waals surface area contributed by atoms with Crippen LogP contribution in [0, 0.1) is 0 Å². The number of rotatable bonds is 3. The third-order valence-corrected chi connectivity index (χ3v) is 3.84. The van der Waals surface area contributed by atoms with Crippen molar-refractivity contribution >= 4 is 0 Å². The molecule has 2 aromatic rings. The molecule has 0 saturated carbocycles. The second-order valence-electron chi connectivity index (χ2n) is 5.12. The fraction of sp³-hybridized carbons (Fsp3) is 0.467. The van der Waals surface area contributed by atoms with Gasteiger partial charge in [0.05, 0.1) is 0 Å². The van der Waals surface area contributed by atoms with E-state index in [0.717, 1.165) is 19.3 Å². The number of aliphatic hydroxyl groups is 1. The highest BCUT2D eigenvalue weighted by atomic mass is 16.5. The first-order valence-corrected chi connectivity index (χ1v) is 6.86. The predicted octanol–water partition coefficient (Wildman–Crippen LogP) is 2.79. The Hall–Kier alpha value is -1.68. The quantitative estimate of drug-likeness (QED) is 0.919. The van der Waals surface area contributed by atoms with E-state index in [2.05, 4.69) is 34.4 Å². The SMILES string of the molecule is CCC(O)c1noc(C2CCc3ccccc3C2)n1. The van der Waals surface area contributed by atoms with Crippen LogP contribution in [0.15, 0.2) is 28.8 Å². The molecule has 1 heterocycles. The number of hydrogen-bond acceptors (Lipinski definition) is 4. The van der Waals surface area contributed by atoms with Crippen LogP contribution in [0.4, 0.5) is 0 Å². The van der Waals surface area contributed by atoms with Gasteiger partial charge in [-0.05, 0) is 36.8 Å². The maximum absolute atomic E-state index is 9.71. The highest BCUT2D eigenvalue weighted by Gasteiger charge is 2.25. The molecule has 3 rings (SSSR count). The third kappa shape index (κ3) is 2.40. The van der Waals surface area contributed by atoms with Gasteiger partial charge < -0.3 is 9.63 Å². The molecule has 2 atom stereocenters. The standard InChI is InChI=1S/C15H18N2O2/c1-2-13(18)14-16-15(19-17-14)12-8-7-10-5-3-4-6-11(10)9-12/h3-6,12-13,18H,2,7-9H2,1H3. The zero-order valence-corrected chi connectivity index (χ0v) is 11.0. The van der Waals surface area contributed by atoms with E-state index in [0.29, 0.717) is 18.1 Å². The highest BCUT2D eigenvalue weighted by molar-refractivity contribution is 5.31. The summed E-state index contributed by atoms with van der Waals surface area (Å²) in [5.41, 5.74) is 2.79. The molecule has 0 spiro atoms. The van der Waals surface area contributed by atoms with Crippen LogP contribution >= 0.6 is 0 Å². The molecule has 4 nitrogen and oxygen atoms in total. The highest BCUT2D eigenvalue weighted by Crippen LogP contribution is 2.32. The summed E-state index contributed by atoms with van der Waals surface area (Å²) in [5, 5.41) is 13.6. The Morgan fingerprint density at radius 2 is 2.16 bits per heavy atom. The molecule has 0 amide bonds. The van der Waals surface area contributed by atoms with Crippen molar-refractivity contribution in [1.82, 2.24) is 10.1 Å². The number of hydrogen-bond donors (Lipinski definition) is 1. The summed E-state index contributed by atoms with van der Waals surface area (Å²) in [4.78, 5) is 4.35. The van der Waals surface area contributed by atoms with Gasteiger partial charge in [-0.2, -0.15) is 4.98 Å². The van der Waals surface area contributed by atoms with Crippen LogP contribution in [0.3, 0.4) is 0 Å². The summed E-state index contributed by atoms with van der Waals surface area (Å²) in [7, 11) is 0. The lowest BCUT2D eigenvalue weighted by Crippen LogP contribution is -2.13. The predicted molar refractivity (Wildman–Crippen MR) is 70.8 cm³/mol. The molecule has 4 heteroatoms. The molecule has 100 valence electrons. The minimum absolute atomic E-state index is 0.278. The lowest BCUT2D eigenvalue weighted by molar-refractivity contribution is 0.159. The van der Waals surface area contributed by atoms with Gasteiger partial charge in [-0.1, -0.05) is 36.3 Å². The average Bonchev–Trinajstić information content (AvgIpc) is 2.95. The van der Waals surface area contributed by atoms with Crippen LogP contribution in [-0.2, 0) is 12.8 Å². The van der Waals surface area contributed by atoms with Gasteiger partial charge in [0.1, 0.15) is 6.10 Å². The van der Waals surface area contributed by atoms with E-state index in [9.17, 15) is 5.11 Å². The van der Waals surface area contributed by atoms with E-state index in [4.69, 9.17) is 4.52 Å². The molecule has 0 bridgehead atoms. The largest absolute Gasteiger partial charge is 0.385 e. The zero-order chi connectivity index (χ0) is 13.2. The Morgan fingerprint density at radius 3 is 2.95 bits per heavy atom. The first-order valence-electron chi connectivity index (χ1n) is 6.86. The molecule has 0 aliphatic heterocycles. The summed E-state index contributed by atoms with van der Waals surface area (Å²) in [6.07, 6.45) is 3.01. The molecular formula is C15H18N2O2. The summed E-state index contributed by atoms with van der Waals surface area (Å²) < 4.78 is 5.32. The van der Waals surface area contributed by atoms with Crippen molar-refractivity contribution in [3.05, 3.63) is 47.1 Å². The van der Waals surface area contributed by atoms with Crippen LogP contribution < -0.4 is 0 Å². The zero-order valence-electron chi connectivity index (χ0n) is 11.0. The van der Waals surface area contributed by atoms with Crippen LogP contribution in [-0.4, -0.2) is 15.2 Å². The molecule has 1 aliphatic rings. The maximum atomic E-state index is 9.71. The molecule has 1 aromatic heterocycles. The van der Waals surface area contributed by atoms with Crippen molar-refractivity contribution in [3.63, 3.8) is 0 Å². The number of aryl methyl sites for hydroxylation is 1. The molecule has 1 aromatic carbocycles. The molecule has 0 radical (unpaired) electrons. The number of nitrogens with zero attached hydrogens (tertiary/aromatic N) is 2. The van der Waals surface area contributed by atoms with Crippen molar-refractivity contribution in [2.24, 2.45) is 0 Å². The van der Waals surface area contributed by atoms with Gasteiger partial charge in [-0.25, -0.2) is 0 Å². The van der Waals surface area contributed by atoms with Gasteiger partial charge in [-0.15, -0.1) is 0 Å². The van der Waals surface area contributed by atoms with E-state index in [-0.39, 0.29) is 5.92 Å². The Balaban J connectivity index is 1.79. The first kappa shape index (κ1) is 12.4. The van der Waals surface area contributed by atoms with Gasteiger partial charge in [0, 0.05) is 5.92 Å². The molecule has 19 heavy (non-hydrogen) atoms. The van der Waals surface area contributed by atoms with Gasteiger partial charge >= 0.3 is 0 Å².